The highest BCUT2D eigenvalue weighted by atomic mass is 32.2. The summed E-state index contributed by atoms with van der Waals surface area (Å²) in [6.07, 6.45) is 1.71. The van der Waals surface area contributed by atoms with E-state index in [0.29, 0.717) is 5.69 Å². The molecule has 0 fully saturated rings. The maximum atomic E-state index is 11.6. The molecule has 0 bridgehead atoms. The van der Waals surface area contributed by atoms with E-state index in [-0.39, 0.29) is 4.90 Å². The number of nitrogen functional groups attached to an aromatic ring is 1. The van der Waals surface area contributed by atoms with Crippen molar-refractivity contribution in [3.63, 3.8) is 0 Å². The van der Waals surface area contributed by atoms with Crippen LogP contribution in [0.5, 0.6) is 0 Å². The van der Waals surface area contributed by atoms with Gasteiger partial charge in [-0.2, -0.15) is 0 Å². The van der Waals surface area contributed by atoms with Crippen molar-refractivity contribution in [2.45, 2.75) is 14.1 Å². The summed E-state index contributed by atoms with van der Waals surface area (Å²) in [6.45, 7) is 0. The van der Waals surface area contributed by atoms with E-state index in [1.54, 1.807) is 12.3 Å². The Balaban J connectivity index is 2.31. The van der Waals surface area contributed by atoms with E-state index in [4.69, 9.17) is 5.73 Å². The third-order valence-corrected chi connectivity index (χ3v) is 5.55. The van der Waals surface area contributed by atoms with Gasteiger partial charge in [0.2, 0.25) is 10.0 Å². The number of thiazole rings is 1. The highest BCUT2D eigenvalue weighted by molar-refractivity contribution is 8.01. The van der Waals surface area contributed by atoms with Crippen molar-refractivity contribution < 1.29 is 8.42 Å². The van der Waals surface area contributed by atoms with Crippen molar-refractivity contribution in [3.8, 4) is 0 Å². The number of anilines is 1. The van der Waals surface area contributed by atoms with Gasteiger partial charge in [0, 0.05) is 22.2 Å². The maximum Gasteiger partial charge on any atom is 0.240 e. The smallest absolute Gasteiger partial charge is 0.240 e. The van der Waals surface area contributed by atoms with Crippen LogP contribution in [0.2, 0.25) is 0 Å². The van der Waals surface area contributed by atoms with E-state index in [1.165, 1.54) is 42.3 Å². The molecule has 18 heavy (non-hydrogen) atoms. The van der Waals surface area contributed by atoms with Gasteiger partial charge in [0.05, 0.1) is 4.90 Å². The van der Waals surface area contributed by atoms with E-state index in [1.807, 2.05) is 5.38 Å². The third-order valence-electron chi connectivity index (χ3n) is 2.17. The molecule has 0 aliphatic rings. The Kier molecular flexibility index (Phi) is 3.91. The minimum Gasteiger partial charge on any atom is -0.398 e. The molecule has 0 aliphatic carbocycles. The van der Waals surface area contributed by atoms with Crippen molar-refractivity contribution in [2.24, 2.45) is 0 Å². The SMILES string of the molecule is CNS(=O)(=O)c1ccc(Sc2nccs2)c(N)c1. The van der Waals surface area contributed by atoms with Crippen LogP contribution >= 0.6 is 23.1 Å². The molecule has 0 aliphatic heterocycles. The monoisotopic (exact) mass is 301 g/mol. The first-order chi connectivity index (χ1) is 8.53. The molecule has 8 heteroatoms. The number of benzene rings is 1. The summed E-state index contributed by atoms with van der Waals surface area (Å²) in [7, 11) is -2.09. The van der Waals surface area contributed by atoms with Crippen LogP contribution in [0, 0.1) is 0 Å². The molecular formula is C10H11N3O2S3. The lowest BCUT2D eigenvalue weighted by Gasteiger charge is -2.07. The lowest BCUT2D eigenvalue weighted by molar-refractivity contribution is 0.588. The summed E-state index contributed by atoms with van der Waals surface area (Å²) in [5.41, 5.74) is 6.28. The Morgan fingerprint density at radius 2 is 2.22 bits per heavy atom. The standard InChI is InChI=1S/C10H11N3O2S3/c1-12-18(14,15)7-2-3-9(8(11)6-7)17-10-13-4-5-16-10/h2-6,12H,11H2,1H3. The van der Waals surface area contributed by atoms with E-state index in [2.05, 4.69) is 9.71 Å². The molecular weight excluding hydrogens is 290 g/mol. The van der Waals surface area contributed by atoms with E-state index < -0.39 is 10.0 Å². The molecule has 1 heterocycles. The van der Waals surface area contributed by atoms with Gasteiger partial charge in [0.25, 0.3) is 0 Å². The van der Waals surface area contributed by atoms with Gasteiger partial charge < -0.3 is 5.73 Å². The molecule has 0 amide bonds. The summed E-state index contributed by atoms with van der Waals surface area (Å²) in [5.74, 6) is 0. The molecule has 0 radical (unpaired) electrons. The van der Waals surface area contributed by atoms with Crippen molar-refractivity contribution in [1.82, 2.24) is 9.71 Å². The first kappa shape index (κ1) is 13.3. The van der Waals surface area contributed by atoms with Crippen LogP contribution in [0.3, 0.4) is 0 Å². The zero-order valence-electron chi connectivity index (χ0n) is 9.45. The molecule has 5 nitrogen and oxygen atoms in total. The van der Waals surface area contributed by atoms with Crippen molar-refractivity contribution in [2.75, 3.05) is 12.8 Å². The van der Waals surface area contributed by atoms with Crippen LogP contribution in [0.1, 0.15) is 0 Å². The van der Waals surface area contributed by atoms with Gasteiger partial charge in [-0.15, -0.1) is 11.3 Å². The van der Waals surface area contributed by atoms with Gasteiger partial charge in [-0.3, -0.25) is 0 Å². The van der Waals surface area contributed by atoms with E-state index in [0.717, 1.165) is 9.24 Å². The second-order valence-corrected chi connectivity index (χ2v) is 7.38. The second kappa shape index (κ2) is 5.27. The molecule has 0 unspecified atom stereocenters. The molecule has 1 aromatic heterocycles. The summed E-state index contributed by atoms with van der Waals surface area (Å²) >= 11 is 2.92. The zero-order chi connectivity index (χ0) is 13.2. The Morgan fingerprint density at radius 1 is 1.44 bits per heavy atom. The Morgan fingerprint density at radius 3 is 2.78 bits per heavy atom. The lowest BCUT2D eigenvalue weighted by atomic mass is 10.3. The van der Waals surface area contributed by atoms with Gasteiger partial charge in [-0.05, 0) is 25.2 Å². The highest BCUT2D eigenvalue weighted by Crippen LogP contribution is 2.34. The number of rotatable bonds is 4. The van der Waals surface area contributed by atoms with Crippen LogP contribution in [0.25, 0.3) is 0 Å². The average molecular weight is 301 g/mol. The molecule has 2 rings (SSSR count). The predicted molar refractivity (Wildman–Crippen MR) is 73.3 cm³/mol. The van der Waals surface area contributed by atoms with Crippen LogP contribution in [0.4, 0.5) is 5.69 Å². The fourth-order valence-corrected chi connectivity index (χ4v) is 3.63. The summed E-state index contributed by atoms with van der Waals surface area (Å²) in [4.78, 5) is 5.09. The molecule has 0 atom stereocenters. The number of hydrogen-bond donors (Lipinski definition) is 2. The quantitative estimate of drug-likeness (QED) is 0.841. The summed E-state index contributed by atoms with van der Waals surface area (Å²) < 4.78 is 26.3. The van der Waals surface area contributed by atoms with Gasteiger partial charge in [-0.25, -0.2) is 18.1 Å². The maximum absolute atomic E-state index is 11.6. The van der Waals surface area contributed by atoms with Gasteiger partial charge in [-0.1, -0.05) is 11.8 Å². The molecule has 3 N–H and O–H groups in total. The molecule has 0 saturated carbocycles. The van der Waals surface area contributed by atoms with E-state index in [9.17, 15) is 8.42 Å². The molecule has 1 aromatic carbocycles. The second-order valence-electron chi connectivity index (χ2n) is 3.31. The van der Waals surface area contributed by atoms with Crippen LogP contribution in [0.15, 0.2) is 43.9 Å². The zero-order valence-corrected chi connectivity index (χ0v) is 11.9. The first-order valence-electron chi connectivity index (χ1n) is 4.93. The minimum atomic E-state index is -3.45. The number of nitrogens with zero attached hydrogens (tertiary/aromatic N) is 1. The van der Waals surface area contributed by atoms with Crippen LogP contribution in [-0.2, 0) is 10.0 Å². The van der Waals surface area contributed by atoms with Crippen LogP contribution < -0.4 is 10.5 Å². The Bertz CT molecular complexity index is 638. The molecule has 96 valence electrons. The number of sulfonamides is 1. The Hall–Kier alpha value is -1.09. The average Bonchev–Trinajstić information content (AvgIpc) is 2.84. The summed E-state index contributed by atoms with van der Waals surface area (Å²) in [5, 5.41) is 1.87. The number of aromatic nitrogens is 1. The van der Waals surface area contributed by atoms with E-state index >= 15 is 0 Å². The fraction of sp³-hybridized carbons (Fsp3) is 0.100. The van der Waals surface area contributed by atoms with Gasteiger partial charge in [0.15, 0.2) is 4.34 Å². The summed E-state index contributed by atoms with van der Waals surface area (Å²) in [6, 6.07) is 4.66. The van der Waals surface area contributed by atoms with Crippen molar-refractivity contribution >= 4 is 38.8 Å². The van der Waals surface area contributed by atoms with Gasteiger partial charge in [0.1, 0.15) is 0 Å². The number of nitrogens with one attached hydrogen (secondary N) is 1. The third kappa shape index (κ3) is 2.83. The van der Waals surface area contributed by atoms with Gasteiger partial charge >= 0.3 is 0 Å². The van der Waals surface area contributed by atoms with Crippen molar-refractivity contribution in [3.05, 3.63) is 29.8 Å². The highest BCUT2D eigenvalue weighted by Gasteiger charge is 2.13. The topological polar surface area (TPSA) is 85.1 Å². The fourth-order valence-electron chi connectivity index (χ4n) is 1.26. The Labute approximate surface area is 113 Å². The normalized spacial score (nSPS) is 11.6. The largest absolute Gasteiger partial charge is 0.398 e. The molecule has 0 saturated heterocycles. The number of hydrogen-bond acceptors (Lipinski definition) is 6. The lowest BCUT2D eigenvalue weighted by Crippen LogP contribution is -2.18. The molecule has 2 aromatic rings. The molecule has 0 spiro atoms. The van der Waals surface area contributed by atoms with Crippen molar-refractivity contribution in [1.29, 1.82) is 0 Å². The predicted octanol–water partition coefficient (Wildman–Crippen LogP) is 1.78. The minimum absolute atomic E-state index is 0.158. The van der Waals surface area contributed by atoms with Crippen LogP contribution in [-0.4, -0.2) is 20.4 Å². The number of nitrogens with two attached hydrogens (primary N) is 1. The first-order valence-corrected chi connectivity index (χ1v) is 8.11.